The summed E-state index contributed by atoms with van der Waals surface area (Å²) in [6, 6.07) is 15.0. The van der Waals surface area contributed by atoms with Gasteiger partial charge >= 0.3 is 0 Å². The van der Waals surface area contributed by atoms with Crippen LogP contribution in [0.3, 0.4) is 0 Å². The van der Waals surface area contributed by atoms with E-state index in [1.807, 2.05) is 42.5 Å². The average molecular weight is 363 g/mol. The number of nitrogens with zero attached hydrogens (tertiary/aromatic N) is 2. The lowest BCUT2D eigenvalue weighted by molar-refractivity contribution is -0.122. The summed E-state index contributed by atoms with van der Waals surface area (Å²) in [4.78, 5) is 29.5. The number of hydrogen-bond donors (Lipinski definition) is 1. The Kier molecular flexibility index (Phi) is 4.62. The fourth-order valence-corrected chi connectivity index (χ4v) is 3.47. The highest BCUT2D eigenvalue weighted by molar-refractivity contribution is 5.78. The van der Waals surface area contributed by atoms with Gasteiger partial charge in [0.25, 0.3) is 5.56 Å². The predicted octanol–water partition coefficient (Wildman–Crippen LogP) is 2.51. The Balaban J connectivity index is 1.47. The lowest BCUT2D eigenvalue weighted by Gasteiger charge is -2.26. The lowest BCUT2D eigenvalue weighted by Crippen LogP contribution is -2.32. The minimum atomic E-state index is -0.0886. The first-order chi connectivity index (χ1) is 13.1. The van der Waals surface area contributed by atoms with Crippen molar-refractivity contribution in [2.45, 2.75) is 25.3 Å². The molecule has 138 valence electrons. The van der Waals surface area contributed by atoms with Crippen molar-refractivity contribution in [1.82, 2.24) is 14.9 Å². The van der Waals surface area contributed by atoms with Gasteiger partial charge in [-0.15, -0.1) is 0 Å². The third-order valence-corrected chi connectivity index (χ3v) is 4.95. The standard InChI is InChI=1S/C21H21N3O3/c1-24-19(22-16-8-4-2-7-15(16)21(24)26)10-11-20(25)23-17-12-13-27-18-9-5-3-6-14(17)18/h2-9,17H,10-13H2,1H3,(H,23,25)/t17-/m1/s1. The van der Waals surface area contributed by atoms with Crippen molar-refractivity contribution >= 4 is 16.8 Å². The minimum Gasteiger partial charge on any atom is -0.493 e. The first kappa shape index (κ1) is 17.3. The van der Waals surface area contributed by atoms with E-state index in [4.69, 9.17) is 4.74 Å². The highest BCUT2D eigenvalue weighted by Crippen LogP contribution is 2.31. The molecule has 4 rings (SSSR count). The monoisotopic (exact) mass is 363 g/mol. The van der Waals surface area contributed by atoms with Crippen LogP contribution in [-0.2, 0) is 18.3 Å². The summed E-state index contributed by atoms with van der Waals surface area (Å²) in [5.74, 6) is 1.38. The number of rotatable bonds is 4. The van der Waals surface area contributed by atoms with Crippen molar-refractivity contribution in [2.24, 2.45) is 7.05 Å². The molecule has 1 aliphatic rings. The van der Waals surface area contributed by atoms with Crippen molar-refractivity contribution in [3.8, 4) is 5.75 Å². The van der Waals surface area contributed by atoms with E-state index >= 15 is 0 Å². The molecule has 0 fully saturated rings. The normalized spacial score (nSPS) is 15.8. The van der Waals surface area contributed by atoms with E-state index in [9.17, 15) is 9.59 Å². The Hall–Kier alpha value is -3.15. The number of benzene rings is 2. The molecule has 6 nitrogen and oxygen atoms in total. The Labute approximate surface area is 156 Å². The molecule has 0 saturated carbocycles. The van der Waals surface area contributed by atoms with Gasteiger partial charge in [-0.05, 0) is 18.2 Å². The Morgan fingerprint density at radius 3 is 2.89 bits per heavy atom. The van der Waals surface area contributed by atoms with Gasteiger partial charge in [-0.2, -0.15) is 0 Å². The number of amides is 1. The van der Waals surface area contributed by atoms with Crippen molar-refractivity contribution in [3.05, 3.63) is 70.3 Å². The second-order valence-corrected chi connectivity index (χ2v) is 6.70. The maximum Gasteiger partial charge on any atom is 0.261 e. The first-order valence-electron chi connectivity index (χ1n) is 9.09. The summed E-state index contributed by atoms with van der Waals surface area (Å²) in [6.07, 6.45) is 1.43. The number of carbonyl (C=O) groups excluding carboxylic acids is 1. The molecule has 0 aliphatic carbocycles. The van der Waals surface area contributed by atoms with Crippen molar-refractivity contribution in [1.29, 1.82) is 0 Å². The number of aryl methyl sites for hydroxylation is 1. The molecule has 3 aromatic rings. The number of fused-ring (bicyclic) bond motifs is 2. The molecule has 6 heteroatoms. The fraction of sp³-hybridized carbons (Fsp3) is 0.286. The van der Waals surface area contributed by atoms with Crippen LogP contribution in [0.25, 0.3) is 10.9 Å². The fourth-order valence-electron chi connectivity index (χ4n) is 3.47. The average Bonchev–Trinajstić information content (AvgIpc) is 2.70. The van der Waals surface area contributed by atoms with Gasteiger partial charge in [-0.1, -0.05) is 30.3 Å². The molecular formula is C21H21N3O3. The van der Waals surface area contributed by atoms with E-state index in [0.29, 0.717) is 29.8 Å². The van der Waals surface area contributed by atoms with Gasteiger partial charge in [0.2, 0.25) is 5.91 Å². The lowest BCUT2D eigenvalue weighted by atomic mass is 10.0. The number of carbonyl (C=O) groups is 1. The van der Waals surface area contributed by atoms with E-state index in [0.717, 1.165) is 17.7 Å². The van der Waals surface area contributed by atoms with Crippen molar-refractivity contribution in [3.63, 3.8) is 0 Å². The van der Waals surface area contributed by atoms with Gasteiger partial charge in [-0.25, -0.2) is 4.98 Å². The maximum atomic E-state index is 12.5. The topological polar surface area (TPSA) is 73.2 Å². The van der Waals surface area contributed by atoms with Crippen LogP contribution >= 0.6 is 0 Å². The maximum absolute atomic E-state index is 12.5. The van der Waals surface area contributed by atoms with Gasteiger partial charge in [-0.3, -0.25) is 14.2 Å². The molecule has 0 spiro atoms. The Morgan fingerprint density at radius 1 is 1.22 bits per heavy atom. The zero-order valence-corrected chi connectivity index (χ0v) is 15.1. The molecule has 0 radical (unpaired) electrons. The van der Waals surface area contributed by atoms with Gasteiger partial charge in [0, 0.05) is 31.9 Å². The Morgan fingerprint density at radius 2 is 2.00 bits per heavy atom. The third-order valence-electron chi connectivity index (χ3n) is 4.95. The minimum absolute atomic E-state index is 0.0455. The van der Waals surface area contributed by atoms with Crippen molar-refractivity contribution in [2.75, 3.05) is 6.61 Å². The second-order valence-electron chi connectivity index (χ2n) is 6.70. The molecule has 1 amide bonds. The molecule has 1 aromatic heterocycles. The zero-order chi connectivity index (χ0) is 18.8. The highest BCUT2D eigenvalue weighted by atomic mass is 16.5. The molecule has 1 atom stereocenters. The SMILES string of the molecule is Cn1c(CCC(=O)N[C@@H]2CCOc3ccccc32)nc2ccccc2c1=O. The van der Waals surface area contributed by atoms with E-state index < -0.39 is 0 Å². The van der Waals surface area contributed by atoms with E-state index in [-0.39, 0.29) is 23.9 Å². The van der Waals surface area contributed by atoms with Gasteiger partial charge < -0.3 is 10.1 Å². The molecule has 0 bridgehead atoms. The van der Waals surface area contributed by atoms with E-state index in [1.165, 1.54) is 4.57 Å². The summed E-state index contributed by atoms with van der Waals surface area (Å²) in [6.45, 7) is 0.586. The molecule has 0 unspecified atom stereocenters. The summed E-state index contributed by atoms with van der Waals surface area (Å²) in [5, 5.41) is 3.67. The molecule has 1 N–H and O–H groups in total. The predicted molar refractivity (Wildman–Crippen MR) is 103 cm³/mol. The van der Waals surface area contributed by atoms with E-state index in [2.05, 4.69) is 10.3 Å². The van der Waals surface area contributed by atoms with Crippen LogP contribution in [0.2, 0.25) is 0 Å². The van der Waals surface area contributed by atoms with Gasteiger partial charge in [0.1, 0.15) is 11.6 Å². The van der Waals surface area contributed by atoms with Crippen LogP contribution in [0.15, 0.2) is 53.3 Å². The molecule has 1 aliphatic heterocycles. The summed E-state index contributed by atoms with van der Waals surface area (Å²) >= 11 is 0. The largest absolute Gasteiger partial charge is 0.493 e. The molecule has 2 heterocycles. The summed E-state index contributed by atoms with van der Waals surface area (Å²) in [5.41, 5.74) is 1.58. The molecular weight excluding hydrogens is 342 g/mol. The number of nitrogens with one attached hydrogen (secondary N) is 1. The Bertz CT molecular complexity index is 1060. The summed E-state index contributed by atoms with van der Waals surface area (Å²) < 4.78 is 7.16. The van der Waals surface area contributed by atoms with Crippen LogP contribution in [-0.4, -0.2) is 22.1 Å². The van der Waals surface area contributed by atoms with Crippen molar-refractivity contribution < 1.29 is 9.53 Å². The van der Waals surface area contributed by atoms with Crippen LogP contribution in [0.4, 0.5) is 0 Å². The van der Waals surface area contributed by atoms with Gasteiger partial charge in [0.05, 0.1) is 23.6 Å². The van der Waals surface area contributed by atoms with Crippen LogP contribution in [0.5, 0.6) is 5.75 Å². The number of hydrogen-bond acceptors (Lipinski definition) is 4. The smallest absolute Gasteiger partial charge is 0.261 e. The molecule has 27 heavy (non-hydrogen) atoms. The van der Waals surface area contributed by atoms with Crippen LogP contribution in [0, 0.1) is 0 Å². The number of aromatic nitrogens is 2. The molecule has 2 aromatic carbocycles. The summed E-state index contributed by atoms with van der Waals surface area (Å²) in [7, 11) is 1.70. The highest BCUT2D eigenvalue weighted by Gasteiger charge is 2.22. The quantitative estimate of drug-likeness (QED) is 0.773. The first-order valence-corrected chi connectivity index (χ1v) is 9.09. The molecule has 0 saturated heterocycles. The van der Waals surface area contributed by atoms with Crippen LogP contribution < -0.4 is 15.6 Å². The zero-order valence-electron chi connectivity index (χ0n) is 15.1. The van der Waals surface area contributed by atoms with Crippen LogP contribution in [0.1, 0.15) is 30.3 Å². The van der Waals surface area contributed by atoms with E-state index in [1.54, 1.807) is 13.1 Å². The third kappa shape index (κ3) is 3.43. The number of ether oxygens (including phenoxy) is 1. The second kappa shape index (κ2) is 7.23. The van der Waals surface area contributed by atoms with Gasteiger partial charge in [0.15, 0.2) is 0 Å². The number of para-hydroxylation sites is 2.